The minimum atomic E-state index is -2.61. The van der Waals surface area contributed by atoms with Crippen LogP contribution in [0.25, 0.3) is 161 Å². The van der Waals surface area contributed by atoms with Gasteiger partial charge in [0.1, 0.15) is 0 Å². The molecule has 21 aromatic rings. The molecule has 0 aliphatic rings. The van der Waals surface area contributed by atoms with Crippen molar-refractivity contribution in [2.45, 2.75) is 6.92 Å². The van der Waals surface area contributed by atoms with Gasteiger partial charge in [0.15, 0.2) is 0 Å². The first-order chi connectivity index (χ1) is 61.7. The summed E-state index contributed by atoms with van der Waals surface area (Å²) in [5.41, 5.74) is 17.3. The summed E-state index contributed by atoms with van der Waals surface area (Å²) in [6.07, 6.45) is 10.2. The topological polar surface area (TPSA) is 71.7 Å². The Bertz CT molecular complexity index is 7630. The third kappa shape index (κ3) is 13.7. The summed E-state index contributed by atoms with van der Waals surface area (Å²) in [5.74, 6) is 1.72. The van der Waals surface area contributed by atoms with E-state index in [1.165, 1.54) is 4.57 Å². The Labute approximate surface area is 718 Å². The van der Waals surface area contributed by atoms with Gasteiger partial charge in [0.25, 0.3) is 6.33 Å². The van der Waals surface area contributed by atoms with Crippen LogP contribution in [0, 0.1) is 43.8 Å². The smallest absolute Gasteiger partial charge is 0.268 e. The molecule has 0 saturated heterocycles. The number of pyridine rings is 2. The minimum absolute atomic E-state index is 0. The van der Waals surface area contributed by atoms with Crippen molar-refractivity contribution in [2.75, 3.05) is 0 Å². The monoisotopic (exact) mass is 1860 g/mol. The van der Waals surface area contributed by atoms with Crippen molar-refractivity contribution in [1.82, 2.24) is 28.2 Å². The Morgan fingerprint density at radius 3 is 1.35 bits per heavy atom. The van der Waals surface area contributed by atoms with Crippen LogP contribution >= 0.6 is 0 Å². The molecule has 0 radical (unpaired) electrons. The molecule has 116 heavy (non-hydrogen) atoms. The maximum Gasteiger partial charge on any atom is 0.268 e. The van der Waals surface area contributed by atoms with Crippen molar-refractivity contribution in [2.24, 2.45) is 6.98 Å². The van der Waals surface area contributed by atoms with Gasteiger partial charge >= 0.3 is 0 Å². The van der Waals surface area contributed by atoms with Crippen LogP contribution in [0.5, 0.6) is 23.0 Å². The van der Waals surface area contributed by atoms with Crippen molar-refractivity contribution in [1.29, 1.82) is 0 Å². The number of aryl methyl sites for hydroxylation is 2. The quantitative estimate of drug-likeness (QED) is 0.0757. The molecule has 6 heterocycles. The fourth-order valence-corrected chi connectivity index (χ4v) is 15.4. The van der Waals surface area contributed by atoms with Crippen molar-refractivity contribution in [3.8, 4) is 118 Å². The molecule has 0 bridgehead atoms. The van der Waals surface area contributed by atoms with E-state index in [1.54, 1.807) is 74.5 Å². The van der Waals surface area contributed by atoms with Crippen LogP contribution in [0.2, 0.25) is 0 Å². The molecule has 0 amide bonds. The van der Waals surface area contributed by atoms with Gasteiger partial charge in [-0.3, -0.25) is 4.57 Å². The third-order valence-corrected chi connectivity index (χ3v) is 20.3. The molecule has 6 aromatic heterocycles. The molecular formula is C104H68N8O2Pt2-4. The van der Waals surface area contributed by atoms with Gasteiger partial charge in [0.05, 0.1) is 86.0 Å². The molecule has 21 rings (SSSR count). The minimum Gasteiger partial charge on any atom is -0.504 e. The van der Waals surface area contributed by atoms with E-state index in [9.17, 15) is 0 Å². The summed E-state index contributed by atoms with van der Waals surface area (Å²) < 4.78 is 137. The van der Waals surface area contributed by atoms with Crippen LogP contribution in [0.15, 0.2) is 376 Å². The van der Waals surface area contributed by atoms with Crippen molar-refractivity contribution < 1.29 is 78.6 Å². The zero-order valence-electron chi connectivity index (χ0n) is 74.5. The number of fused-ring (bicyclic) bond motifs is 8. The number of ether oxygens (including phenoxy) is 2. The predicted molar refractivity (Wildman–Crippen MR) is 457 cm³/mol. The van der Waals surface area contributed by atoms with Gasteiger partial charge in [-0.25, -0.2) is 0 Å². The Kier molecular flexibility index (Phi) is 16.5. The Morgan fingerprint density at radius 1 is 0.371 bits per heavy atom. The van der Waals surface area contributed by atoms with E-state index in [0.717, 1.165) is 105 Å². The zero-order valence-corrected chi connectivity index (χ0v) is 66.1. The number of benzene rings is 15. The Morgan fingerprint density at radius 2 is 0.819 bits per heavy atom. The maximum atomic E-state index is 8.99. The van der Waals surface area contributed by atoms with Crippen LogP contribution in [0.3, 0.4) is 0 Å². The number of aromatic nitrogens is 8. The second kappa shape index (κ2) is 31.9. The van der Waals surface area contributed by atoms with Crippen LogP contribution in [0.1, 0.15) is 23.4 Å². The number of para-hydroxylation sites is 8. The molecule has 0 aliphatic heterocycles. The summed E-state index contributed by atoms with van der Waals surface area (Å²) in [5, 5.41) is 4.50. The van der Waals surface area contributed by atoms with Gasteiger partial charge in [-0.1, -0.05) is 266 Å². The van der Waals surface area contributed by atoms with Gasteiger partial charge in [-0.2, -0.15) is 24.3 Å². The average molecular weight is 1860 g/mol. The molecule has 0 saturated carbocycles. The molecule has 15 aromatic carbocycles. The number of imidazole rings is 2. The van der Waals surface area contributed by atoms with Crippen molar-refractivity contribution >= 4 is 65.7 Å². The van der Waals surface area contributed by atoms with Crippen molar-refractivity contribution in [3.05, 3.63) is 419 Å². The molecule has 560 valence electrons. The van der Waals surface area contributed by atoms with E-state index in [-0.39, 0.29) is 70.1 Å². The SMILES string of the molecule is [2H]C([2H])([2H])[n+]1[c-]n(-c2[c-]c(Oc3[c-]c(-c4ccccn4)ccc3)ccc2)c2cccc(-c3c(-n4c5ccccc5c5ccccc54)cccc3-n3c4ccccc4c4ccccc43)c21.[2H]c1c([2H])c([2H])c(-c2cccc(-c3c([2H])c([2H])c([2H])c([2H])c3[2H])c2-[n+]2[c-]n(-c3[c-]c(Oc4[c-]c(-c5cc(C)c(-c6ccccc6)cn5)ccc4)ccc3)c3ccccc32)c([2H])c1[2H].[Pt].[Pt]. The molecule has 12 heteroatoms. The normalized spacial score (nSPS) is 12.9. The van der Waals surface area contributed by atoms with E-state index in [2.05, 4.69) is 166 Å². The first-order valence-corrected chi connectivity index (χ1v) is 37.0. The average Bonchev–Trinajstić information content (AvgIpc) is 1.57. The second-order valence-corrected chi connectivity index (χ2v) is 27.1. The van der Waals surface area contributed by atoms with Crippen LogP contribution < -0.4 is 18.6 Å². The zero-order chi connectivity index (χ0) is 87.2. The van der Waals surface area contributed by atoms with Crippen LogP contribution in [-0.2, 0) is 49.1 Å². The number of rotatable bonds is 15. The van der Waals surface area contributed by atoms with E-state index >= 15 is 0 Å². The summed E-state index contributed by atoms with van der Waals surface area (Å²) in [6.45, 7) is -0.561. The second-order valence-electron chi connectivity index (χ2n) is 27.1. The van der Waals surface area contributed by atoms with Gasteiger partial charge in [0, 0.05) is 110 Å². The number of hydrogen-bond donors (Lipinski definition) is 0. The summed E-state index contributed by atoms with van der Waals surface area (Å²) >= 11 is 0. The summed E-state index contributed by atoms with van der Waals surface area (Å²) in [4.78, 5) is 9.21. The Hall–Kier alpha value is -13.9. The maximum absolute atomic E-state index is 8.99. The van der Waals surface area contributed by atoms with E-state index in [0.29, 0.717) is 56.4 Å². The molecule has 0 unspecified atom stereocenters. The number of hydrogen-bond acceptors (Lipinski definition) is 4. The standard InChI is InChI=1S/C55H35N5O.C49H33N3O.2Pt/c1-57-36-58(38-17-13-19-40(35-38)61-39-18-12-16-37(34-39)46-25-10-11-33-56-46)53-32-14-24-45(55(53)57)54-51(59-47-26-6-2-20-41(47)42-21-3-7-27-48(42)59)30-15-31-52(54)60-49-28-8-4-22-43(49)44-23-5-9-29-50(44)60;1-35-30-46(50-33-45(35)38-20-9-4-10-21-38)39-22-13-24-41(31-39)53-42-25-14-23-40(32-42)51-34-52(48-29-12-11-28-47(48)51)49-43(36-16-5-2-6-17-36)26-15-27-44(49)37-18-7-3-8-19-37;;/h2-33H,1H3;2-30,33H,1H3;;/q2*-2;;/i1D3;2D,3D,5D,6D,7D,8D,16D,17D,18D,19D;;. The largest absolute Gasteiger partial charge is 0.504 e. The molecule has 0 N–H and O–H groups in total. The van der Waals surface area contributed by atoms with Gasteiger partial charge in [-0.05, 0) is 105 Å². The molecular weight excluding hydrogens is 1780 g/mol. The fourth-order valence-electron chi connectivity index (χ4n) is 15.4. The van der Waals surface area contributed by atoms with Crippen LogP contribution in [0.4, 0.5) is 0 Å². The molecule has 0 atom stereocenters. The molecule has 0 aliphatic carbocycles. The van der Waals surface area contributed by atoms with Gasteiger partial charge < -0.3 is 42.3 Å². The van der Waals surface area contributed by atoms with E-state index in [4.69, 9.17) is 32.3 Å². The number of nitrogens with zero attached hydrogens (tertiary/aromatic N) is 8. The van der Waals surface area contributed by atoms with Gasteiger partial charge in [0.2, 0.25) is 6.33 Å². The van der Waals surface area contributed by atoms with E-state index in [1.807, 2.05) is 147 Å². The molecule has 0 fully saturated rings. The van der Waals surface area contributed by atoms with E-state index < -0.39 is 67.4 Å². The third-order valence-electron chi connectivity index (χ3n) is 20.3. The fraction of sp³-hybridized carbons (Fsp3) is 0.0192. The summed E-state index contributed by atoms with van der Waals surface area (Å²) in [6, 6.07) is 106. The molecule has 10 nitrogen and oxygen atoms in total. The first kappa shape index (κ1) is 59.8. The predicted octanol–water partition coefficient (Wildman–Crippen LogP) is 24.0. The van der Waals surface area contributed by atoms with Crippen molar-refractivity contribution in [3.63, 3.8) is 0 Å². The molecule has 0 spiro atoms. The van der Waals surface area contributed by atoms with Gasteiger partial charge in [-0.15, -0.1) is 71.8 Å². The van der Waals surface area contributed by atoms with Crippen LogP contribution in [-0.4, -0.2) is 28.2 Å². The summed E-state index contributed by atoms with van der Waals surface area (Å²) in [7, 11) is 0. The first-order valence-electron chi connectivity index (χ1n) is 43.5. The Balaban J connectivity index is 0.000000171.